The zero-order chi connectivity index (χ0) is 20.9. The van der Waals surface area contributed by atoms with Crippen LogP contribution < -0.4 is 4.74 Å². The third-order valence-corrected chi connectivity index (χ3v) is 4.97. The quantitative estimate of drug-likeness (QED) is 0.451. The molecule has 0 bridgehead atoms. The fraction of sp³-hybridized carbons (Fsp3) is 0.286. The average molecular weight is 408 g/mol. The molecule has 0 spiro atoms. The summed E-state index contributed by atoms with van der Waals surface area (Å²) in [6.07, 6.45) is 2.52. The van der Waals surface area contributed by atoms with E-state index >= 15 is 0 Å². The van der Waals surface area contributed by atoms with Gasteiger partial charge in [-0.1, -0.05) is 35.5 Å². The Bertz CT molecular complexity index is 1040. The van der Waals surface area contributed by atoms with Gasteiger partial charge in [-0.3, -0.25) is 14.9 Å². The van der Waals surface area contributed by atoms with Crippen LogP contribution >= 0.6 is 0 Å². The normalized spacial score (nSPS) is 16.3. The van der Waals surface area contributed by atoms with Crippen LogP contribution in [0.2, 0.25) is 0 Å². The number of hydrogen-bond donors (Lipinski definition) is 0. The monoisotopic (exact) mass is 408 g/mol. The van der Waals surface area contributed by atoms with Gasteiger partial charge >= 0.3 is 0 Å². The van der Waals surface area contributed by atoms with Gasteiger partial charge in [0.15, 0.2) is 6.61 Å². The molecule has 0 saturated carbocycles. The number of carbonyl (C=O) groups is 1. The van der Waals surface area contributed by atoms with Crippen LogP contribution in [0.1, 0.15) is 31.2 Å². The third-order valence-electron chi connectivity index (χ3n) is 4.97. The highest BCUT2D eigenvalue weighted by Gasteiger charge is 2.32. The summed E-state index contributed by atoms with van der Waals surface area (Å²) in [5.41, 5.74) is 0.437. The molecule has 0 N–H and O–H groups in total. The van der Waals surface area contributed by atoms with Crippen molar-refractivity contribution >= 4 is 11.6 Å². The Kier molecular flexibility index (Phi) is 5.69. The van der Waals surface area contributed by atoms with Gasteiger partial charge in [0.1, 0.15) is 11.8 Å². The summed E-state index contributed by atoms with van der Waals surface area (Å²) < 4.78 is 11.0. The first-order chi connectivity index (χ1) is 14.6. The SMILES string of the molecule is O=C(COc1ccccc1)N1CCCCC1c1nc(-c2cccc([N+](=O)[O-])c2)no1. The predicted molar refractivity (Wildman–Crippen MR) is 107 cm³/mol. The number of benzene rings is 2. The maximum absolute atomic E-state index is 12.8. The van der Waals surface area contributed by atoms with E-state index in [4.69, 9.17) is 9.26 Å². The lowest BCUT2D eigenvalue weighted by Crippen LogP contribution is -2.41. The Hall–Kier alpha value is -3.75. The largest absolute Gasteiger partial charge is 0.484 e. The summed E-state index contributed by atoms with van der Waals surface area (Å²) in [5.74, 6) is 1.06. The fourth-order valence-corrected chi connectivity index (χ4v) is 3.48. The second-order valence-corrected chi connectivity index (χ2v) is 6.96. The summed E-state index contributed by atoms with van der Waals surface area (Å²) in [5, 5.41) is 15.0. The average Bonchev–Trinajstić information content (AvgIpc) is 3.28. The summed E-state index contributed by atoms with van der Waals surface area (Å²) in [6.45, 7) is 0.503. The number of non-ortho nitro benzene ring substituents is 1. The molecule has 2 aromatic carbocycles. The van der Waals surface area contributed by atoms with E-state index in [0.29, 0.717) is 30.2 Å². The van der Waals surface area contributed by atoms with Crippen molar-refractivity contribution < 1.29 is 19.0 Å². The fourth-order valence-electron chi connectivity index (χ4n) is 3.48. The maximum atomic E-state index is 12.8. The molecule has 3 aromatic rings. The molecule has 2 heterocycles. The number of nitrogens with zero attached hydrogens (tertiary/aromatic N) is 4. The van der Waals surface area contributed by atoms with E-state index in [1.54, 1.807) is 29.2 Å². The molecule has 9 heteroatoms. The summed E-state index contributed by atoms with van der Waals surface area (Å²) >= 11 is 0. The van der Waals surface area contributed by atoms with Crippen LogP contribution in [0.3, 0.4) is 0 Å². The highest BCUT2D eigenvalue weighted by Crippen LogP contribution is 2.31. The summed E-state index contributed by atoms with van der Waals surface area (Å²) in [7, 11) is 0. The van der Waals surface area contributed by atoms with Gasteiger partial charge in [0, 0.05) is 24.2 Å². The highest BCUT2D eigenvalue weighted by molar-refractivity contribution is 5.78. The van der Waals surface area contributed by atoms with E-state index < -0.39 is 4.92 Å². The molecule has 9 nitrogen and oxygen atoms in total. The Morgan fingerprint density at radius 1 is 1.20 bits per heavy atom. The molecule has 1 aliphatic heterocycles. The molecule has 1 aliphatic rings. The molecule has 30 heavy (non-hydrogen) atoms. The van der Waals surface area contributed by atoms with Crippen molar-refractivity contribution in [3.63, 3.8) is 0 Å². The van der Waals surface area contributed by atoms with Gasteiger partial charge in [-0.15, -0.1) is 0 Å². The lowest BCUT2D eigenvalue weighted by atomic mass is 10.0. The summed E-state index contributed by atoms with van der Waals surface area (Å²) in [4.78, 5) is 29.4. The second kappa shape index (κ2) is 8.73. The van der Waals surface area contributed by atoms with Crippen LogP contribution in [0.15, 0.2) is 59.1 Å². The van der Waals surface area contributed by atoms with Gasteiger partial charge in [0.25, 0.3) is 11.6 Å². The van der Waals surface area contributed by atoms with Crippen molar-refractivity contribution in [2.75, 3.05) is 13.2 Å². The van der Waals surface area contributed by atoms with Gasteiger partial charge < -0.3 is 14.2 Å². The third kappa shape index (κ3) is 4.29. The Balaban J connectivity index is 1.50. The van der Waals surface area contributed by atoms with E-state index in [-0.39, 0.29) is 30.1 Å². The zero-order valence-corrected chi connectivity index (χ0v) is 16.1. The van der Waals surface area contributed by atoms with Gasteiger partial charge in [0.2, 0.25) is 11.7 Å². The van der Waals surface area contributed by atoms with E-state index in [9.17, 15) is 14.9 Å². The van der Waals surface area contributed by atoms with Crippen molar-refractivity contribution in [1.82, 2.24) is 15.0 Å². The van der Waals surface area contributed by atoms with Crippen LogP contribution in [0.4, 0.5) is 5.69 Å². The van der Waals surface area contributed by atoms with Crippen molar-refractivity contribution in [1.29, 1.82) is 0 Å². The first kappa shape index (κ1) is 19.6. The number of amides is 1. The minimum atomic E-state index is -0.473. The van der Waals surface area contributed by atoms with E-state index in [1.807, 2.05) is 18.2 Å². The number of aromatic nitrogens is 2. The predicted octanol–water partition coefficient (Wildman–Crippen LogP) is 3.78. The van der Waals surface area contributed by atoms with Gasteiger partial charge in [-0.05, 0) is 31.4 Å². The zero-order valence-electron chi connectivity index (χ0n) is 16.1. The number of rotatable bonds is 6. The molecule has 1 amide bonds. The van der Waals surface area contributed by atoms with Crippen molar-refractivity contribution in [2.24, 2.45) is 0 Å². The lowest BCUT2D eigenvalue weighted by molar-refractivity contribution is -0.384. The molecule has 1 saturated heterocycles. The standard InChI is InChI=1S/C21H20N4O5/c26-19(14-29-17-9-2-1-3-10-17)24-12-5-4-11-18(24)21-22-20(23-30-21)15-7-6-8-16(13-15)25(27)28/h1-3,6-10,13,18H,4-5,11-12,14H2. The first-order valence-electron chi connectivity index (χ1n) is 9.67. The van der Waals surface area contributed by atoms with Crippen molar-refractivity contribution in [3.05, 3.63) is 70.6 Å². The molecular formula is C21H20N4O5. The van der Waals surface area contributed by atoms with Crippen molar-refractivity contribution in [3.8, 4) is 17.1 Å². The minimum Gasteiger partial charge on any atom is -0.484 e. The van der Waals surface area contributed by atoms with Gasteiger partial charge in [-0.25, -0.2) is 0 Å². The smallest absolute Gasteiger partial charge is 0.270 e. The molecule has 1 unspecified atom stereocenters. The first-order valence-corrected chi connectivity index (χ1v) is 9.67. The number of nitro benzene ring substituents is 1. The van der Waals surface area contributed by atoms with Crippen LogP contribution in [0.25, 0.3) is 11.4 Å². The summed E-state index contributed by atoms with van der Waals surface area (Å²) in [6, 6.07) is 14.9. The molecule has 1 atom stereocenters. The number of carbonyl (C=O) groups excluding carboxylic acids is 1. The molecule has 1 aromatic heterocycles. The molecular weight excluding hydrogens is 388 g/mol. The van der Waals surface area contributed by atoms with E-state index in [0.717, 1.165) is 12.8 Å². The minimum absolute atomic E-state index is 0.0496. The van der Waals surface area contributed by atoms with Gasteiger partial charge in [-0.2, -0.15) is 4.98 Å². The van der Waals surface area contributed by atoms with Crippen LogP contribution in [-0.4, -0.2) is 39.0 Å². The van der Waals surface area contributed by atoms with Gasteiger partial charge in [0.05, 0.1) is 4.92 Å². The molecule has 154 valence electrons. The molecule has 0 aliphatic carbocycles. The Morgan fingerprint density at radius 3 is 2.83 bits per heavy atom. The van der Waals surface area contributed by atoms with E-state index in [1.165, 1.54) is 12.1 Å². The Labute approximate surface area is 172 Å². The van der Waals surface area contributed by atoms with Crippen LogP contribution in [0, 0.1) is 10.1 Å². The van der Waals surface area contributed by atoms with Crippen LogP contribution in [0.5, 0.6) is 5.75 Å². The number of nitro groups is 1. The van der Waals surface area contributed by atoms with Crippen molar-refractivity contribution in [2.45, 2.75) is 25.3 Å². The number of ether oxygens (including phenoxy) is 1. The number of likely N-dealkylation sites (tertiary alicyclic amines) is 1. The van der Waals surface area contributed by atoms with Crippen LogP contribution in [-0.2, 0) is 4.79 Å². The molecule has 1 fully saturated rings. The topological polar surface area (TPSA) is 112 Å². The Morgan fingerprint density at radius 2 is 2.03 bits per heavy atom. The molecule has 0 radical (unpaired) electrons. The lowest BCUT2D eigenvalue weighted by Gasteiger charge is -2.33. The highest BCUT2D eigenvalue weighted by atomic mass is 16.6. The number of hydrogen-bond acceptors (Lipinski definition) is 7. The maximum Gasteiger partial charge on any atom is 0.270 e. The number of para-hydroxylation sites is 1. The number of piperidine rings is 1. The second-order valence-electron chi connectivity index (χ2n) is 6.96. The molecule has 4 rings (SSSR count). The van der Waals surface area contributed by atoms with E-state index in [2.05, 4.69) is 10.1 Å².